The maximum absolute atomic E-state index is 12.7. The molecular weight excluding hydrogens is 290 g/mol. The van der Waals surface area contributed by atoms with E-state index in [1.54, 1.807) is 15.8 Å². The fraction of sp³-hybridized carbons (Fsp3) is 0.412. The van der Waals surface area contributed by atoms with Crippen molar-refractivity contribution >= 4 is 21.9 Å². The van der Waals surface area contributed by atoms with Gasteiger partial charge in [0.25, 0.3) is 5.56 Å². The largest absolute Gasteiger partial charge is 0.349 e. The van der Waals surface area contributed by atoms with Gasteiger partial charge in [-0.3, -0.25) is 9.36 Å². The van der Waals surface area contributed by atoms with Crippen LogP contribution in [-0.2, 0) is 6.54 Å². The Labute approximate surface area is 134 Å². The number of aromatic amines is 1. The number of benzene rings is 1. The predicted molar refractivity (Wildman–Crippen MR) is 89.8 cm³/mol. The summed E-state index contributed by atoms with van der Waals surface area (Å²) in [7, 11) is 0. The average molecular weight is 313 g/mol. The van der Waals surface area contributed by atoms with E-state index < -0.39 is 0 Å². The quantitative estimate of drug-likeness (QED) is 0.559. The smallest absolute Gasteiger partial charge is 0.277 e. The second-order valence-electron chi connectivity index (χ2n) is 6.51. The first kappa shape index (κ1) is 14.4. The van der Waals surface area contributed by atoms with E-state index in [2.05, 4.69) is 34.3 Å². The van der Waals surface area contributed by atoms with Crippen LogP contribution in [0, 0.1) is 6.92 Å². The molecule has 1 fully saturated rings. The van der Waals surface area contributed by atoms with Gasteiger partial charge in [0, 0.05) is 10.9 Å². The molecule has 0 atom stereocenters. The van der Waals surface area contributed by atoms with Gasteiger partial charge in [0.2, 0.25) is 0 Å². The van der Waals surface area contributed by atoms with Gasteiger partial charge in [0.1, 0.15) is 37.2 Å². The number of nitrogens with zero attached hydrogens (tertiary/aromatic N) is 2. The Morgan fingerprint density at radius 2 is 2.17 bits per heavy atom. The van der Waals surface area contributed by atoms with Crippen molar-refractivity contribution < 1.29 is 10.2 Å². The number of H-pyrrole nitrogens is 1. The monoisotopic (exact) mass is 313 g/mol. The number of nitrogens with two attached hydrogens (primary N) is 1. The molecule has 0 spiro atoms. The van der Waals surface area contributed by atoms with Crippen molar-refractivity contribution in [3.63, 3.8) is 0 Å². The number of hydrogen-bond acceptors (Lipinski definition) is 2. The van der Waals surface area contributed by atoms with Crippen LogP contribution in [0.5, 0.6) is 0 Å². The second-order valence-corrected chi connectivity index (χ2v) is 6.51. The van der Waals surface area contributed by atoms with Crippen molar-refractivity contribution in [1.29, 1.82) is 0 Å². The summed E-state index contributed by atoms with van der Waals surface area (Å²) in [6.07, 6.45) is 1.70. The van der Waals surface area contributed by atoms with E-state index >= 15 is 0 Å². The summed E-state index contributed by atoms with van der Waals surface area (Å²) in [4.78, 5) is 22.1. The molecule has 1 aromatic carbocycles. The molecular formula is C17H23N5O+2. The number of fused-ring (bicyclic) bond motifs is 3. The maximum atomic E-state index is 12.7. The van der Waals surface area contributed by atoms with Crippen LogP contribution in [-0.4, -0.2) is 47.3 Å². The van der Waals surface area contributed by atoms with Crippen molar-refractivity contribution in [3.8, 4) is 0 Å². The summed E-state index contributed by atoms with van der Waals surface area (Å²) < 4.78 is 1.75. The van der Waals surface area contributed by atoms with E-state index in [1.807, 2.05) is 6.07 Å². The van der Waals surface area contributed by atoms with Crippen LogP contribution in [0.15, 0.2) is 29.3 Å². The molecule has 1 saturated heterocycles. The summed E-state index contributed by atoms with van der Waals surface area (Å²) in [5.41, 5.74) is 3.59. The summed E-state index contributed by atoms with van der Waals surface area (Å²) in [5, 5.41) is 3.38. The lowest BCUT2D eigenvalue weighted by Crippen LogP contribution is -3.20. The molecule has 0 aliphatic carbocycles. The van der Waals surface area contributed by atoms with Crippen LogP contribution >= 0.6 is 0 Å². The molecule has 3 heterocycles. The molecule has 6 heteroatoms. The van der Waals surface area contributed by atoms with Crippen LogP contribution in [0.1, 0.15) is 5.56 Å². The van der Waals surface area contributed by atoms with Crippen LogP contribution in [0.25, 0.3) is 21.9 Å². The molecule has 120 valence electrons. The van der Waals surface area contributed by atoms with Crippen molar-refractivity contribution in [2.75, 3.05) is 32.7 Å². The third-order valence-corrected chi connectivity index (χ3v) is 4.84. The standard InChI is InChI=1S/C17H21N5O/c1-12-2-3-13-14(10-12)20-16-15(13)19-11-22(17(16)23)9-8-21-6-4-18-5-7-21/h2-3,10-11,18,20H,4-9H2,1H3/p+2. The van der Waals surface area contributed by atoms with E-state index in [-0.39, 0.29) is 5.56 Å². The molecule has 6 nitrogen and oxygen atoms in total. The molecule has 0 amide bonds. The Morgan fingerprint density at radius 1 is 1.35 bits per heavy atom. The van der Waals surface area contributed by atoms with Crippen molar-refractivity contribution in [3.05, 3.63) is 40.4 Å². The molecule has 1 aliphatic rings. The topological polar surface area (TPSA) is 71.7 Å². The van der Waals surface area contributed by atoms with Gasteiger partial charge in [-0.15, -0.1) is 0 Å². The minimum absolute atomic E-state index is 0.0341. The van der Waals surface area contributed by atoms with Gasteiger partial charge < -0.3 is 15.2 Å². The minimum atomic E-state index is 0.0341. The number of piperazine rings is 1. The van der Waals surface area contributed by atoms with E-state index in [0.29, 0.717) is 5.52 Å². The lowest BCUT2D eigenvalue weighted by molar-refractivity contribution is -0.947. The molecule has 4 N–H and O–H groups in total. The fourth-order valence-corrected chi connectivity index (χ4v) is 3.48. The highest BCUT2D eigenvalue weighted by Crippen LogP contribution is 2.21. The number of hydrogen-bond donors (Lipinski definition) is 3. The first-order valence-corrected chi connectivity index (χ1v) is 8.35. The lowest BCUT2D eigenvalue weighted by Gasteiger charge is -2.22. The Morgan fingerprint density at radius 3 is 3.00 bits per heavy atom. The number of aromatic nitrogens is 3. The Balaban J connectivity index is 1.67. The van der Waals surface area contributed by atoms with Crippen LogP contribution in [0.2, 0.25) is 0 Å². The SMILES string of the molecule is Cc1ccc2c(c1)[nH]c1c(=O)n(CC[NH+]3CC[NH2+]CC3)cnc12. The first-order chi connectivity index (χ1) is 11.2. The van der Waals surface area contributed by atoms with Gasteiger partial charge in [0.05, 0.1) is 19.4 Å². The Hall–Kier alpha value is -2.18. The van der Waals surface area contributed by atoms with Crippen molar-refractivity contribution in [1.82, 2.24) is 14.5 Å². The van der Waals surface area contributed by atoms with E-state index in [0.717, 1.165) is 29.5 Å². The summed E-state index contributed by atoms with van der Waals surface area (Å²) in [5.74, 6) is 0. The van der Waals surface area contributed by atoms with Crippen LogP contribution < -0.4 is 15.8 Å². The molecule has 0 radical (unpaired) electrons. The van der Waals surface area contributed by atoms with Crippen LogP contribution in [0.4, 0.5) is 0 Å². The summed E-state index contributed by atoms with van der Waals surface area (Å²) in [6, 6.07) is 6.16. The van der Waals surface area contributed by atoms with Gasteiger partial charge >= 0.3 is 0 Å². The molecule has 1 aliphatic heterocycles. The molecule has 0 bridgehead atoms. The van der Waals surface area contributed by atoms with Gasteiger partial charge in [-0.1, -0.05) is 12.1 Å². The Bertz CT molecular complexity index is 904. The van der Waals surface area contributed by atoms with Crippen molar-refractivity contribution in [2.45, 2.75) is 13.5 Å². The molecule has 3 aromatic rings. The highest BCUT2D eigenvalue weighted by Gasteiger charge is 2.16. The molecule has 0 saturated carbocycles. The molecule has 23 heavy (non-hydrogen) atoms. The number of nitrogens with one attached hydrogen (secondary N) is 2. The average Bonchev–Trinajstić information content (AvgIpc) is 2.93. The van der Waals surface area contributed by atoms with Crippen molar-refractivity contribution in [2.24, 2.45) is 0 Å². The normalized spacial score (nSPS) is 16.4. The van der Waals surface area contributed by atoms with Crippen LogP contribution in [0.3, 0.4) is 0 Å². The highest BCUT2D eigenvalue weighted by molar-refractivity contribution is 6.04. The predicted octanol–water partition coefficient (Wildman–Crippen LogP) is -1.35. The zero-order valence-corrected chi connectivity index (χ0v) is 13.4. The minimum Gasteiger partial charge on any atom is -0.349 e. The lowest BCUT2D eigenvalue weighted by atomic mass is 10.2. The van der Waals surface area contributed by atoms with Gasteiger partial charge in [0.15, 0.2) is 0 Å². The second kappa shape index (κ2) is 5.79. The van der Waals surface area contributed by atoms with Gasteiger partial charge in [-0.2, -0.15) is 0 Å². The third-order valence-electron chi connectivity index (χ3n) is 4.84. The summed E-state index contributed by atoms with van der Waals surface area (Å²) >= 11 is 0. The fourth-order valence-electron chi connectivity index (χ4n) is 3.48. The molecule has 2 aromatic heterocycles. The number of rotatable bonds is 3. The van der Waals surface area contributed by atoms with Gasteiger partial charge in [-0.25, -0.2) is 4.98 Å². The third kappa shape index (κ3) is 2.64. The molecule has 0 unspecified atom stereocenters. The maximum Gasteiger partial charge on any atom is 0.277 e. The van der Waals surface area contributed by atoms with E-state index in [9.17, 15) is 4.79 Å². The van der Waals surface area contributed by atoms with E-state index in [1.165, 1.54) is 31.7 Å². The zero-order chi connectivity index (χ0) is 15.8. The highest BCUT2D eigenvalue weighted by atomic mass is 16.1. The van der Waals surface area contributed by atoms with E-state index in [4.69, 9.17) is 0 Å². The zero-order valence-electron chi connectivity index (χ0n) is 13.4. The number of quaternary nitrogens is 2. The molecule has 4 rings (SSSR count). The summed E-state index contributed by atoms with van der Waals surface area (Å²) in [6.45, 7) is 8.49. The van der Waals surface area contributed by atoms with Gasteiger partial charge in [-0.05, 0) is 18.6 Å². The number of aryl methyl sites for hydroxylation is 1. The Kier molecular flexibility index (Phi) is 3.63. The first-order valence-electron chi connectivity index (χ1n) is 8.35.